The zero-order valence-electron chi connectivity index (χ0n) is 12.7. The maximum Gasteiger partial charge on any atom is 2.00 e. The molecular formula is C12H24CaO4. The second-order valence-electron chi connectivity index (χ2n) is 4.14. The van der Waals surface area contributed by atoms with E-state index in [1.165, 1.54) is 25.7 Å². The number of carboxylic acids is 2. The smallest absolute Gasteiger partial charge is 1.00 e. The van der Waals surface area contributed by atoms with Crippen molar-refractivity contribution in [3.05, 3.63) is 0 Å². The molecule has 17 heavy (non-hydrogen) atoms. The zero-order valence-corrected chi connectivity index (χ0v) is 12.9. The first-order valence-corrected chi connectivity index (χ1v) is 6.05. The summed E-state index contributed by atoms with van der Waals surface area (Å²) in [5.41, 5.74) is 0. The van der Waals surface area contributed by atoms with E-state index in [2.05, 4.69) is 6.92 Å². The van der Waals surface area contributed by atoms with Gasteiger partial charge in [-0.2, -0.15) is 0 Å². The Balaban J connectivity index is -0.000000375. The summed E-state index contributed by atoms with van der Waals surface area (Å²) in [6.45, 7) is 2.16. The largest absolute Gasteiger partial charge is 2.00 e. The quantitative estimate of drug-likeness (QED) is 0.364. The molecule has 0 rings (SSSR count). The van der Waals surface area contributed by atoms with Crippen molar-refractivity contribution in [1.29, 1.82) is 0 Å². The zero-order chi connectivity index (χ0) is 12.4. The number of rotatable bonds is 10. The van der Waals surface area contributed by atoms with Gasteiger partial charge in [-0.25, -0.2) is 0 Å². The van der Waals surface area contributed by atoms with Gasteiger partial charge >= 0.3 is 49.7 Å². The van der Waals surface area contributed by atoms with Crippen LogP contribution < -0.4 is 0 Å². The third-order valence-corrected chi connectivity index (χ3v) is 2.69. The van der Waals surface area contributed by atoms with Gasteiger partial charge in [0.2, 0.25) is 0 Å². The van der Waals surface area contributed by atoms with E-state index in [4.69, 9.17) is 10.2 Å². The number of unbranched alkanes of at least 4 members (excludes halogenated alkanes) is 6. The first kappa shape index (κ1) is 19.5. The first-order valence-electron chi connectivity index (χ1n) is 6.05. The normalized spacial score (nSPS) is 10.0. The Morgan fingerprint density at radius 2 is 1.35 bits per heavy atom. The van der Waals surface area contributed by atoms with Crippen molar-refractivity contribution in [3.8, 4) is 0 Å². The van der Waals surface area contributed by atoms with Crippen molar-refractivity contribution in [2.45, 2.75) is 58.3 Å². The number of hydrogen-bond acceptors (Lipinski definition) is 2. The van der Waals surface area contributed by atoms with E-state index in [9.17, 15) is 9.59 Å². The van der Waals surface area contributed by atoms with Gasteiger partial charge in [0.05, 0.1) is 0 Å². The molecule has 0 spiro atoms. The fourth-order valence-corrected chi connectivity index (χ4v) is 1.66. The standard InChI is InChI=1S/C12H22O4.Ca.2H/c1-2-3-4-5-6-7-8-9-10(11(13)14)12(15)16;;;/h10H,2-9H2,1H3,(H,13,14)(H,15,16);;;/q;+2;2*-1. The molecule has 0 aliphatic heterocycles. The van der Waals surface area contributed by atoms with Crippen molar-refractivity contribution in [2.24, 2.45) is 5.92 Å². The Hall–Kier alpha value is 0.200. The van der Waals surface area contributed by atoms with Crippen LogP contribution in [-0.4, -0.2) is 59.9 Å². The van der Waals surface area contributed by atoms with Crippen LogP contribution in [0.2, 0.25) is 0 Å². The van der Waals surface area contributed by atoms with Crippen LogP contribution in [0.15, 0.2) is 0 Å². The van der Waals surface area contributed by atoms with Gasteiger partial charge in [-0.3, -0.25) is 9.59 Å². The topological polar surface area (TPSA) is 74.6 Å². The fourth-order valence-electron chi connectivity index (χ4n) is 1.66. The summed E-state index contributed by atoms with van der Waals surface area (Å²) in [6.07, 6.45) is 7.78. The van der Waals surface area contributed by atoms with E-state index in [-0.39, 0.29) is 47.0 Å². The average Bonchev–Trinajstić information content (AvgIpc) is 2.21. The first-order chi connectivity index (χ1) is 7.59. The molecule has 0 aliphatic carbocycles. The molecule has 2 N–H and O–H groups in total. The van der Waals surface area contributed by atoms with E-state index in [0.717, 1.165) is 12.8 Å². The third kappa shape index (κ3) is 11.0. The Bertz CT molecular complexity index is 214. The van der Waals surface area contributed by atoms with E-state index in [1.807, 2.05) is 0 Å². The van der Waals surface area contributed by atoms with Crippen LogP contribution in [0.25, 0.3) is 0 Å². The average molecular weight is 272 g/mol. The van der Waals surface area contributed by atoms with Gasteiger partial charge in [0, 0.05) is 0 Å². The summed E-state index contributed by atoms with van der Waals surface area (Å²) in [7, 11) is 0. The van der Waals surface area contributed by atoms with Crippen molar-refractivity contribution < 1.29 is 22.7 Å². The van der Waals surface area contributed by atoms with Gasteiger partial charge in [0.25, 0.3) is 0 Å². The summed E-state index contributed by atoms with van der Waals surface area (Å²) in [6, 6.07) is 0. The van der Waals surface area contributed by atoms with E-state index in [1.54, 1.807) is 0 Å². The van der Waals surface area contributed by atoms with Crippen LogP contribution >= 0.6 is 0 Å². The predicted octanol–water partition coefficient (Wildman–Crippen LogP) is 2.76. The van der Waals surface area contributed by atoms with E-state index in [0.29, 0.717) is 6.42 Å². The predicted molar refractivity (Wildman–Crippen MR) is 69.3 cm³/mol. The van der Waals surface area contributed by atoms with Crippen molar-refractivity contribution >= 4 is 49.7 Å². The van der Waals surface area contributed by atoms with Crippen LogP contribution in [-0.2, 0) is 9.59 Å². The van der Waals surface area contributed by atoms with Crippen molar-refractivity contribution in [3.63, 3.8) is 0 Å². The molecule has 0 unspecified atom stereocenters. The maximum absolute atomic E-state index is 10.6. The molecule has 5 heteroatoms. The molecule has 0 fully saturated rings. The number of aliphatic carboxylic acids is 2. The second-order valence-corrected chi connectivity index (χ2v) is 4.14. The Kier molecular flexibility index (Phi) is 14.5. The summed E-state index contributed by atoms with van der Waals surface area (Å²) >= 11 is 0. The van der Waals surface area contributed by atoms with Crippen LogP contribution in [0.4, 0.5) is 0 Å². The summed E-state index contributed by atoms with van der Waals surface area (Å²) in [5, 5.41) is 17.3. The Morgan fingerprint density at radius 3 is 1.76 bits per heavy atom. The molecule has 98 valence electrons. The molecule has 0 aromatic heterocycles. The fraction of sp³-hybridized carbons (Fsp3) is 0.833. The Morgan fingerprint density at radius 1 is 0.941 bits per heavy atom. The monoisotopic (exact) mass is 272 g/mol. The molecule has 4 nitrogen and oxygen atoms in total. The van der Waals surface area contributed by atoms with Crippen molar-refractivity contribution in [1.82, 2.24) is 0 Å². The number of hydrogen-bond donors (Lipinski definition) is 2. The molecular weight excluding hydrogens is 248 g/mol. The van der Waals surface area contributed by atoms with Gasteiger partial charge < -0.3 is 13.1 Å². The second kappa shape index (κ2) is 12.7. The molecule has 0 bridgehead atoms. The SMILES string of the molecule is CCCCCCCCCC(C(=O)O)C(=O)O.[Ca+2].[H-].[H-]. The van der Waals surface area contributed by atoms with Crippen LogP contribution in [0.1, 0.15) is 61.1 Å². The van der Waals surface area contributed by atoms with Gasteiger partial charge in [-0.05, 0) is 6.42 Å². The minimum atomic E-state index is -1.23. The number of carboxylic acid groups (broad SMARTS) is 2. The Labute approximate surface area is 136 Å². The molecule has 0 amide bonds. The van der Waals surface area contributed by atoms with Gasteiger partial charge in [-0.1, -0.05) is 51.9 Å². The van der Waals surface area contributed by atoms with E-state index < -0.39 is 17.9 Å². The van der Waals surface area contributed by atoms with Gasteiger partial charge in [0.15, 0.2) is 5.92 Å². The third-order valence-electron chi connectivity index (χ3n) is 2.69. The van der Waals surface area contributed by atoms with Crippen molar-refractivity contribution in [2.75, 3.05) is 0 Å². The molecule has 0 saturated carbocycles. The molecule has 0 aliphatic rings. The molecule has 0 atom stereocenters. The molecule has 0 aromatic carbocycles. The summed E-state index contributed by atoms with van der Waals surface area (Å²) in [5.74, 6) is -3.67. The maximum atomic E-state index is 10.6. The van der Waals surface area contributed by atoms with Gasteiger partial charge in [-0.15, -0.1) is 0 Å². The van der Waals surface area contributed by atoms with Crippen LogP contribution in [0, 0.1) is 5.92 Å². The number of carbonyl (C=O) groups is 2. The van der Waals surface area contributed by atoms with Crippen LogP contribution in [0.3, 0.4) is 0 Å². The summed E-state index contributed by atoms with van der Waals surface area (Å²) < 4.78 is 0. The minimum absolute atomic E-state index is 0. The summed E-state index contributed by atoms with van der Waals surface area (Å²) in [4.78, 5) is 21.1. The van der Waals surface area contributed by atoms with Gasteiger partial charge in [0.1, 0.15) is 0 Å². The molecule has 0 aromatic rings. The van der Waals surface area contributed by atoms with Crippen LogP contribution in [0.5, 0.6) is 0 Å². The molecule has 0 saturated heterocycles. The molecule has 0 radical (unpaired) electrons. The molecule has 0 heterocycles. The minimum Gasteiger partial charge on any atom is -1.00 e. The van der Waals surface area contributed by atoms with E-state index >= 15 is 0 Å².